The normalized spacial score (nSPS) is 16.1. The molecule has 29 heavy (non-hydrogen) atoms. The molecule has 2 amide bonds. The van der Waals surface area contributed by atoms with E-state index in [4.69, 9.17) is 44.3 Å². The van der Waals surface area contributed by atoms with Gasteiger partial charge in [0.15, 0.2) is 23.9 Å². The Morgan fingerprint density at radius 2 is 1.97 bits per heavy atom. The van der Waals surface area contributed by atoms with Crippen molar-refractivity contribution >= 4 is 58.4 Å². The van der Waals surface area contributed by atoms with Gasteiger partial charge in [-0.1, -0.05) is 40.9 Å². The molecule has 0 aromatic heterocycles. The van der Waals surface area contributed by atoms with Crippen LogP contribution < -0.4 is 14.9 Å². The van der Waals surface area contributed by atoms with Gasteiger partial charge in [0.05, 0.1) is 22.9 Å². The quantitative estimate of drug-likeness (QED) is 0.653. The van der Waals surface area contributed by atoms with E-state index >= 15 is 0 Å². The predicted molar refractivity (Wildman–Crippen MR) is 112 cm³/mol. The highest BCUT2D eigenvalue weighted by atomic mass is 35.5. The molecule has 1 aliphatic heterocycles. The Labute approximate surface area is 185 Å². The molecule has 154 valence electrons. The first kappa shape index (κ1) is 21.7. The highest BCUT2D eigenvalue weighted by molar-refractivity contribution is 8.00. The third kappa shape index (κ3) is 4.95. The lowest BCUT2D eigenvalue weighted by atomic mass is 10.2. The van der Waals surface area contributed by atoms with Gasteiger partial charge in [0.2, 0.25) is 0 Å². The number of thioether (sulfide) groups is 1. The summed E-state index contributed by atoms with van der Waals surface area (Å²) in [6.45, 7) is -0.416. The first-order valence-corrected chi connectivity index (χ1v) is 10.4. The van der Waals surface area contributed by atoms with Crippen molar-refractivity contribution in [2.24, 2.45) is 0 Å². The number of ether oxygens (including phenoxy) is 2. The zero-order valence-corrected chi connectivity index (χ0v) is 18.0. The molecule has 2 aromatic carbocycles. The van der Waals surface area contributed by atoms with Crippen LogP contribution in [0.1, 0.15) is 10.9 Å². The lowest BCUT2D eigenvalue weighted by Crippen LogP contribution is -2.46. The number of hydrogen-bond donors (Lipinski definition) is 2. The number of phenolic OH excluding ortho intramolecular Hbond substituents is 1. The second kappa shape index (κ2) is 9.21. The van der Waals surface area contributed by atoms with Crippen LogP contribution in [-0.4, -0.2) is 41.4 Å². The van der Waals surface area contributed by atoms with Crippen LogP contribution in [0, 0.1) is 0 Å². The summed E-state index contributed by atoms with van der Waals surface area (Å²) in [5, 5.41) is 11.2. The van der Waals surface area contributed by atoms with Crippen LogP contribution in [-0.2, 0) is 9.59 Å². The van der Waals surface area contributed by atoms with Crippen LogP contribution in [0.4, 0.5) is 0 Å². The van der Waals surface area contributed by atoms with E-state index < -0.39 is 17.9 Å². The SMILES string of the molecule is COc1cc([C@@H]2SCC(=O)N2NC(=O)COc2c(Cl)cc(Cl)cc2Cl)ccc1O. The number of carbonyl (C=O) groups is 2. The first-order valence-electron chi connectivity index (χ1n) is 8.17. The number of amides is 2. The van der Waals surface area contributed by atoms with Gasteiger partial charge >= 0.3 is 0 Å². The lowest BCUT2D eigenvalue weighted by Gasteiger charge is -2.25. The first-order chi connectivity index (χ1) is 13.8. The smallest absolute Gasteiger partial charge is 0.276 e. The van der Waals surface area contributed by atoms with E-state index in [1.54, 1.807) is 12.1 Å². The summed E-state index contributed by atoms with van der Waals surface area (Å²) in [6.07, 6.45) is 0. The molecule has 11 heteroatoms. The van der Waals surface area contributed by atoms with E-state index in [9.17, 15) is 14.7 Å². The number of aromatic hydroxyl groups is 1. The molecule has 0 radical (unpaired) electrons. The number of hydrazine groups is 1. The maximum Gasteiger partial charge on any atom is 0.276 e. The Bertz CT molecular complexity index is 936. The number of hydrogen-bond acceptors (Lipinski definition) is 6. The molecule has 1 heterocycles. The molecule has 2 N–H and O–H groups in total. The van der Waals surface area contributed by atoms with Crippen molar-refractivity contribution in [1.29, 1.82) is 0 Å². The maximum absolute atomic E-state index is 12.3. The number of nitrogens with zero attached hydrogens (tertiary/aromatic N) is 1. The predicted octanol–water partition coefficient (Wildman–Crippen LogP) is 4.05. The Morgan fingerprint density at radius 3 is 2.62 bits per heavy atom. The molecule has 0 spiro atoms. The third-order valence-electron chi connectivity index (χ3n) is 3.91. The zero-order valence-electron chi connectivity index (χ0n) is 14.9. The van der Waals surface area contributed by atoms with Gasteiger partial charge < -0.3 is 14.6 Å². The maximum atomic E-state index is 12.3. The summed E-state index contributed by atoms with van der Waals surface area (Å²) < 4.78 is 10.5. The Kier molecular flexibility index (Phi) is 6.89. The van der Waals surface area contributed by atoms with Crippen LogP contribution in [0.2, 0.25) is 15.1 Å². The average Bonchev–Trinajstić information content (AvgIpc) is 3.01. The number of phenols is 1. The number of halogens is 3. The molecule has 0 bridgehead atoms. The fourth-order valence-corrected chi connectivity index (χ4v) is 4.63. The van der Waals surface area contributed by atoms with Gasteiger partial charge in [-0.25, -0.2) is 5.01 Å². The zero-order chi connectivity index (χ0) is 21.1. The van der Waals surface area contributed by atoms with Gasteiger partial charge in [0.1, 0.15) is 5.37 Å². The van der Waals surface area contributed by atoms with Crippen molar-refractivity contribution in [3.8, 4) is 17.2 Å². The van der Waals surface area contributed by atoms with Gasteiger partial charge in [0.25, 0.3) is 11.8 Å². The Hall–Kier alpha value is -2.00. The van der Waals surface area contributed by atoms with E-state index in [0.717, 1.165) is 0 Å². The highest BCUT2D eigenvalue weighted by Crippen LogP contribution is 2.40. The second-order valence-electron chi connectivity index (χ2n) is 5.88. The molecule has 1 fully saturated rings. The van der Waals surface area contributed by atoms with Crippen LogP contribution in [0.5, 0.6) is 17.2 Å². The van der Waals surface area contributed by atoms with E-state index in [1.165, 1.54) is 42.1 Å². The number of nitrogens with one attached hydrogen (secondary N) is 1. The van der Waals surface area contributed by atoms with Crippen LogP contribution in [0.3, 0.4) is 0 Å². The van der Waals surface area contributed by atoms with Crippen molar-refractivity contribution in [1.82, 2.24) is 10.4 Å². The summed E-state index contributed by atoms with van der Waals surface area (Å²) in [6, 6.07) is 7.60. The minimum atomic E-state index is -0.571. The molecule has 0 aliphatic carbocycles. The molecule has 2 aromatic rings. The molecule has 1 saturated heterocycles. The molecular weight excluding hydrogens is 463 g/mol. The molecule has 1 aliphatic rings. The fraction of sp³-hybridized carbons (Fsp3) is 0.222. The number of rotatable bonds is 6. The largest absolute Gasteiger partial charge is 0.504 e. The van der Waals surface area contributed by atoms with Gasteiger partial charge in [-0.3, -0.25) is 15.0 Å². The van der Waals surface area contributed by atoms with Crippen molar-refractivity contribution in [3.63, 3.8) is 0 Å². The average molecular weight is 478 g/mol. The minimum Gasteiger partial charge on any atom is -0.504 e. The van der Waals surface area contributed by atoms with Crippen molar-refractivity contribution in [3.05, 3.63) is 51.0 Å². The summed E-state index contributed by atoms with van der Waals surface area (Å²) in [4.78, 5) is 24.6. The highest BCUT2D eigenvalue weighted by Gasteiger charge is 2.35. The molecule has 0 unspecified atom stereocenters. The minimum absolute atomic E-state index is 0.0220. The monoisotopic (exact) mass is 476 g/mol. The Balaban J connectivity index is 1.69. The Morgan fingerprint density at radius 1 is 1.28 bits per heavy atom. The molecular formula is C18H15Cl3N2O5S. The second-order valence-corrected chi connectivity index (χ2v) is 8.20. The van der Waals surface area contributed by atoms with E-state index in [1.807, 2.05) is 0 Å². The van der Waals surface area contributed by atoms with E-state index in [2.05, 4.69) is 5.43 Å². The van der Waals surface area contributed by atoms with Crippen molar-refractivity contribution < 1.29 is 24.2 Å². The van der Waals surface area contributed by atoms with Crippen LogP contribution in [0.15, 0.2) is 30.3 Å². The van der Waals surface area contributed by atoms with E-state index in [0.29, 0.717) is 10.6 Å². The van der Waals surface area contributed by atoms with Crippen molar-refractivity contribution in [2.45, 2.75) is 5.37 Å². The lowest BCUT2D eigenvalue weighted by molar-refractivity contribution is -0.140. The topological polar surface area (TPSA) is 88.1 Å². The standard InChI is InChI=1S/C18H15Cl3N2O5S/c1-27-14-4-9(2-3-13(14)24)18-23(16(26)8-29-18)22-15(25)7-28-17-11(20)5-10(19)6-12(17)21/h2-6,18,24H,7-8H2,1H3,(H,22,25)/t18-/m0/s1. The number of methoxy groups -OCH3 is 1. The van der Waals surface area contributed by atoms with Crippen LogP contribution >= 0.6 is 46.6 Å². The van der Waals surface area contributed by atoms with Gasteiger partial charge in [-0.2, -0.15) is 0 Å². The molecule has 7 nitrogen and oxygen atoms in total. The van der Waals surface area contributed by atoms with Gasteiger partial charge in [0, 0.05) is 5.02 Å². The summed E-state index contributed by atoms with van der Waals surface area (Å²) in [5.41, 5.74) is 3.21. The molecule has 0 saturated carbocycles. The molecule has 1 atom stereocenters. The third-order valence-corrected chi connectivity index (χ3v) is 5.90. The van der Waals surface area contributed by atoms with Crippen LogP contribution in [0.25, 0.3) is 0 Å². The number of benzene rings is 2. The van der Waals surface area contributed by atoms with Gasteiger partial charge in [-0.05, 0) is 29.8 Å². The van der Waals surface area contributed by atoms with E-state index in [-0.39, 0.29) is 39.0 Å². The summed E-state index contributed by atoms with van der Waals surface area (Å²) in [7, 11) is 1.43. The number of carbonyl (C=O) groups excluding carboxylic acids is 2. The summed E-state index contributed by atoms with van der Waals surface area (Å²) in [5.74, 6) is -0.295. The molecule has 3 rings (SSSR count). The fourth-order valence-electron chi connectivity index (χ4n) is 2.61. The van der Waals surface area contributed by atoms with Gasteiger partial charge in [-0.15, -0.1) is 11.8 Å². The summed E-state index contributed by atoms with van der Waals surface area (Å²) >= 11 is 19.2. The van der Waals surface area contributed by atoms with Crippen molar-refractivity contribution in [2.75, 3.05) is 19.5 Å².